The van der Waals surface area contributed by atoms with E-state index >= 15 is 0 Å². The van der Waals surface area contributed by atoms with Crippen molar-refractivity contribution in [1.29, 1.82) is 0 Å². The van der Waals surface area contributed by atoms with Crippen molar-refractivity contribution in [2.24, 2.45) is 10.2 Å². The third kappa shape index (κ3) is 4.71. The predicted molar refractivity (Wildman–Crippen MR) is 123 cm³/mol. The molecule has 1 aromatic carbocycles. The standard InChI is InChI=1S/C24H26FN7O3/c25-18-5-4-15(14-20-21-16(3-1-7-26-21)22(33)30-29-20)13-17(18)23(34)31-9-2-10-32(12-11-31)24(35)19-6-8-27-28-19/h4-6,8,13,20,26H,1-3,7,9-12,14H2,(H,27,28). The van der Waals surface area contributed by atoms with E-state index in [1.807, 2.05) is 0 Å². The maximum atomic E-state index is 14.7. The Labute approximate surface area is 201 Å². The van der Waals surface area contributed by atoms with Crippen LogP contribution in [0.2, 0.25) is 0 Å². The van der Waals surface area contributed by atoms with Gasteiger partial charge in [0.1, 0.15) is 17.6 Å². The second-order valence-electron chi connectivity index (χ2n) is 8.89. The monoisotopic (exact) mass is 479 g/mol. The van der Waals surface area contributed by atoms with Crippen molar-refractivity contribution in [2.45, 2.75) is 31.7 Å². The van der Waals surface area contributed by atoms with Crippen LogP contribution in [0.5, 0.6) is 0 Å². The molecule has 0 bridgehead atoms. The van der Waals surface area contributed by atoms with Gasteiger partial charge in [-0.3, -0.25) is 19.5 Å². The summed E-state index contributed by atoms with van der Waals surface area (Å²) in [6, 6.07) is 5.74. The van der Waals surface area contributed by atoms with Gasteiger partial charge < -0.3 is 15.1 Å². The number of aromatic nitrogens is 2. The first-order valence-corrected chi connectivity index (χ1v) is 11.8. The minimum Gasteiger partial charge on any atom is -0.386 e. The number of azo groups is 1. The third-order valence-electron chi connectivity index (χ3n) is 6.62. The molecule has 3 aliphatic heterocycles. The minimum atomic E-state index is -0.593. The largest absolute Gasteiger partial charge is 0.386 e. The summed E-state index contributed by atoms with van der Waals surface area (Å²) in [5.41, 5.74) is 2.57. The Morgan fingerprint density at radius 1 is 1.06 bits per heavy atom. The summed E-state index contributed by atoms with van der Waals surface area (Å²) in [4.78, 5) is 41.2. The van der Waals surface area contributed by atoms with Crippen LogP contribution in [-0.4, -0.2) is 76.5 Å². The summed E-state index contributed by atoms with van der Waals surface area (Å²) >= 11 is 0. The molecule has 0 aliphatic carbocycles. The van der Waals surface area contributed by atoms with Gasteiger partial charge in [0.25, 0.3) is 17.7 Å². The fourth-order valence-electron chi connectivity index (χ4n) is 4.78. The number of rotatable bonds is 4. The fourth-order valence-corrected chi connectivity index (χ4v) is 4.78. The number of aromatic amines is 1. The summed E-state index contributed by atoms with van der Waals surface area (Å²) in [5.74, 6) is -1.48. The van der Waals surface area contributed by atoms with E-state index in [1.54, 1.807) is 28.0 Å². The van der Waals surface area contributed by atoms with Crippen molar-refractivity contribution < 1.29 is 18.8 Å². The third-order valence-corrected chi connectivity index (χ3v) is 6.62. The van der Waals surface area contributed by atoms with Crippen LogP contribution in [0, 0.1) is 5.82 Å². The number of amides is 3. The predicted octanol–water partition coefficient (Wildman–Crippen LogP) is 2.08. The van der Waals surface area contributed by atoms with Gasteiger partial charge in [0.2, 0.25) is 0 Å². The minimum absolute atomic E-state index is 0.00882. The van der Waals surface area contributed by atoms with Gasteiger partial charge in [0.05, 0.1) is 5.56 Å². The average Bonchev–Trinajstić information content (AvgIpc) is 3.31. The SMILES string of the molecule is O=C1N=NC(Cc2ccc(F)c(C(=O)N3CCCN(C(=O)c4ccn[nH]4)CC3)c2)C2=C1CCCN2. The molecule has 2 N–H and O–H groups in total. The molecule has 1 atom stereocenters. The van der Waals surface area contributed by atoms with Crippen molar-refractivity contribution in [2.75, 3.05) is 32.7 Å². The van der Waals surface area contributed by atoms with E-state index in [0.29, 0.717) is 56.7 Å². The summed E-state index contributed by atoms with van der Waals surface area (Å²) in [6.45, 7) is 2.35. The molecule has 35 heavy (non-hydrogen) atoms. The first-order chi connectivity index (χ1) is 17.0. The number of nitrogens with zero attached hydrogens (tertiary/aromatic N) is 5. The van der Waals surface area contributed by atoms with Crippen molar-refractivity contribution in [3.05, 3.63) is 64.4 Å². The lowest BCUT2D eigenvalue weighted by Gasteiger charge is -2.27. The van der Waals surface area contributed by atoms with Crippen LogP contribution in [0.4, 0.5) is 4.39 Å². The number of hydrogen-bond donors (Lipinski definition) is 2. The molecule has 3 amide bonds. The van der Waals surface area contributed by atoms with Gasteiger partial charge >= 0.3 is 0 Å². The number of H-pyrrole nitrogens is 1. The Morgan fingerprint density at radius 2 is 1.86 bits per heavy atom. The molecule has 182 valence electrons. The van der Waals surface area contributed by atoms with Crippen molar-refractivity contribution in [3.63, 3.8) is 0 Å². The lowest BCUT2D eigenvalue weighted by atomic mass is 9.93. The van der Waals surface area contributed by atoms with Crippen molar-refractivity contribution in [3.8, 4) is 0 Å². The highest BCUT2D eigenvalue weighted by atomic mass is 19.1. The Kier molecular flexibility index (Phi) is 6.39. The highest BCUT2D eigenvalue weighted by Crippen LogP contribution is 2.27. The molecule has 0 radical (unpaired) electrons. The molecule has 3 aliphatic rings. The van der Waals surface area contributed by atoms with Crippen LogP contribution >= 0.6 is 0 Å². The lowest BCUT2D eigenvalue weighted by Crippen LogP contribution is -2.37. The highest BCUT2D eigenvalue weighted by molar-refractivity contribution is 5.96. The number of carbonyl (C=O) groups excluding carboxylic acids is 3. The van der Waals surface area contributed by atoms with E-state index in [1.165, 1.54) is 12.3 Å². The van der Waals surface area contributed by atoms with Crippen LogP contribution in [0.1, 0.15) is 45.7 Å². The number of nitrogens with one attached hydrogen (secondary N) is 2. The zero-order chi connectivity index (χ0) is 24.4. The number of benzene rings is 1. The molecule has 2 aromatic rings. The average molecular weight is 480 g/mol. The molecule has 1 saturated heterocycles. The van der Waals surface area contributed by atoms with E-state index in [2.05, 4.69) is 25.7 Å². The zero-order valence-corrected chi connectivity index (χ0v) is 19.2. The Hall–Kier alpha value is -3.89. The van der Waals surface area contributed by atoms with Crippen molar-refractivity contribution in [1.82, 2.24) is 25.3 Å². The van der Waals surface area contributed by atoms with Gasteiger partial charge in [0.15, 0.2) is 0 Å². The molecule has 4 heterocycles. The molecule has 11 heteroatoms. The Balaban J connectivity index is 1.29. The van der Waals surface area contributed by atoms with E-state index in [9.17, 15) is 18.8 Å². The first-order valence-electron chi connectivity index (χ1n) is 11.8. The van der Waals surface area contributed by atoms with Gasteiger partial charge in [-0.05, 0) is 43.0 Å². The molecule has 1 unspecified atom stereocenters. The van der Waals surface area contributed by atoms with E-state index in [0.717, 1.165) is 24.2 Å². The van der Waals surface area contributed by atoms with E-state index in [-0.39, 0.29) is 23.4 Å². The summed E-state index contributed by atoms with van der Waals surface area (Å²) in [7, 11) is 0. The second kappa shape index (κ2) is 9.77. The topological polar surface area (TPSA) is 123 Å². The number of carbonyl (C=O) groups is 3. The maximum Gasteiger partial charge on any atom is 0.292 e. The summed E-state index contributed by atoms with van der Waals surface area (Å²) in [5, 5.41) is 17.7. The first kappa shape index (κ1) is 22.9. The molecule has 1 aromatic heterocycles. The molecular weight excluding hydrogens is 453 g/mol. The number of halogens is 1. The molecular formula is C24H26FN7O3. The molecule has 0 spiro atoms. The van der Waals surface area contributed by atoms with Gasteiger partial charge in [-0.25, -0.2) is 4.39 Å². The van der Waals surface area contributed by atoms with Crippen LogP contribution in [0.25, 0.3) is 0 Å². The second-order valence-corrected chi connectivity index (χ2v) is 8.89. The molecule has 1 fully saturated rings. The lowest BCUT2D eigenvalue weighted by molar-refractivity contribution is -0.115. The Bertz CT molecular complexity index is 1210. The quantitative estimate of drug-likeness (QED) is 0.695. The van der Waals surface area contributed by atoms with Gasteiger partial charge in [-0.1, -0.05) is 6.07 Å². The van der Waals surface area contributed by atoms with Crippen LogP contribution in [0.15, 0.2) is 52.0 Å². The van der Waals surface area contributed by atoms with Gasteiger partial charge in [-0.2, -0.15) is 10.2 Å². The zero-order valence-electron chi connectivity index (χ0n) is 19.2. The van der Waals surface area contributed by atoms with Crippen LogP contribution < -0.4 is 5.32 Å². The van der Waals surface area contributed by atoms with Crippen LogP contribution in [0.3, 0.4) is 0 Å². The van der Waals surface area contributed by atoms with E-state index < -0.39 is 11.7 Å². The number of hydrogen-bond acceptors (Lipinski definition) is 6. The fraction of sp³-hybridized carbons (Fsp3) is 0.417. The smallest absolute Gasteiger partial charge is 0.292 e. The summed E-state index contributed by atoms with van der Waals surface area (Å²) in [6.07, 6.45) is 4.04. The van der Waals surface area contributed by atoms with Crippen molar-refractivity contribution >= 4 is 17.7 Å². The maximum absolute atomic E-state index is 14.7. The van der Waals surface area contributed by atoms with Gasteiger partial charge in [0, 0.05) is 56.6 Å². The van der Waals surface area contributed by atoms with Gasteiger partial charge in [-0.15, -0.1) is 5.11 Å². The Morgan fingerprint density at radius 3 is 2.63 bits per heavy atom. The molecule has 0 saturated carbocycles. The normalized spacial score (nSPS) is 20.4. The molecule has 10 nitrogen and oxygen atoms in total. The summed E-state index contributed by atoms with van der Waals surface area (Å²) < 4.78 is 14.7. The molecule has 5 rings (SSSR count). The highest BCUT2D eigenvalue weighted by Gasteiger charge is 2.30. The van der Waals surface area contributed by atoms with E-state index in [4.69, 9.17) is 0 Å². The van der Waals surface area contributed by atoms with Crippen LogP contribution in [-0.2, 0) is 11.2 Å².